The van der Waals surface area contributed by atoms with E-state index in [1.807, 2.05) is 13.0 Å². The second-order valence-corrected chi connectivity index (χ2v) is 6.28. The molecule has 3 heterocycles. The Labute approximate surface area is 153 Å². The molecule has 0 N–H and O–H groups in total. The van der Waals surface area contributed by atoms with Gasteiger partial charge in [-0.3, -0.25) is 4.79 Å². The fourth-order valence-corrected chi connectivity index (χ4v) is 2.84. The summed E-state index contributed by atoms with van der Waals surface area (Å²) in [5, 5.41) is 0. The fraction of sp³-hybridized carbons (Fsp3) is 0.444. The van der Waals surface area contributed by atoms with Gasteiger partial charge in [0.05, 0.1) is 25.3 Å². The van der Waals surface area contributed by atoms with Crippen molar-refractivity contribution in [3.63, 3.8) is 0 Å². The third-order valence-electron chi connectivity index (χ3n) is 4.01. The van der Waals surface area contributed by atoms with E-state index >= 15 is 0 Å². The van der Waals surface area contributed by atoms with Crippen LogP contribution in [0, 0.1) is 13.8 Å². The third-order valence-corrected chi connectivity index (χ3v) is 4.01. The number of aromatic nitrogens is 1. The Hall–Kier alpha value is -2.55. The second kappa shape index (κ2) is 7.59. The van der Waals surface area contributed by atoms with Crippen LogP contribution in [0.4, 0.5) is 13.2 Å². The van der Waals surface area contributed by atoms with Crippen LogP contribution in [0.5, 0.6) is 5.88 Å². The van der Waals surface area contributed by atoms with Crippen molar-refractivity contribution in [2.75, 3.05) is 26.3 Å². The van der Waals surface area contributed by atoms with Crippen LogP contribution in [-0.4, -0.2) is 48.2 Å². The molecule has 0 unspecified atom stereocenters. The van der Waals surface area contributed by atoms with E-state index in [1.54, 1.807) is 12.1 Å². The number of alkyl halides is 3. The number of carbonyl (C=O) groups excluding carboxylic acids is 1. The van der Waals surface area contributed by atoms with Gasteiger partial charge in [0.2, 0.25) is 11.6 Å². The van der Waals surface area contributed by atoms with Gasteiger partial charge >= 0.3 is 6.18 Å². The third kappa shape index (κ3) is 4.60. The van der Waals surface area contributed by atoms with Gasteiger partial charge in [0.25, 0.3) is 5.91 Å². The minimum Gasteiger partial charge on any atom is -0.470 e. The molecule has 1 aliphatic rings. The largest absolute Gasteiger partial charge is 0.470 e. The summed E-state index contributed by atoms with van der Waals surface area (Å²) in [4.78, 5) is 18.2. The van der Waals surface area contributed by atoms with Gasteiger partial charge in [-0.25, -0.2) is 4.98 Å². The van der Waals surface area contributed by atoms with Crippen LogP contribution in [-0.2, 0) is 10.9 Å². The minimum atomic E-state index is -4.75. The molecule has 1 amide bonds. The van der Waals surface area contributed by atoms with Crippen LogP contribution in [0.15, 0.2) is 28.7 Å². The van der Waals surface area contributed by atoms with Crippen LogP contribution in [0.2, 0.25) is 0 Å². The van der Waals surface area contributed by atoms with Gasteiger partial charge in [-0.2, -0.15) is 13.2 Å². The molecular formula is C18H19F3N2O4. The topological polar surface area (TPSA) is 64.8 Å². The molecule has 3 rings (SSSR count). The lowest BCUT2D eigenvalue weighted by Gasteiger charge is -2.24. The highest BCUT2D eigenvalue weighted by Gasteiger charge is 2.41. The predicted molar refractivity (Wildman–Crippen MR) is 88.6 cm³/mol. The highest BCUT2D eigenvalue weighted by Crippen LogP contribution is 2.34. The first kappa shape index (κ1) is 19.2. The van der Waals surface area contributed by atoms with Crippen molar-refractivity contribution in [3.8, 4) is 5.88 Å². The number of carbonyl (C=O) groups is 1. The van der Waals surface area contributed by atoms with Crippen molar-refractivity contribution in [1.29, 1.82) is 0 Å². The number of furan rings is 1. The van der Waals surface area contributed by atoms with Gasteiger partial charge < -0.3 is 18.8 Å². The van der Waals surface area contributed by atoms with Gasteiger partial charge in [0, 0.05) is 18.3 Å². The summed E-state index contributed by atoms with van der Waals surface area (Å²) in [6.07, 6.45) is -5.30. The maximum absolute atomic E-state index is 13.1. The van der Waals surface area contributed by atoms with Crippen molar-refractivity contribution >= 4 is 5.91 Å². The van der Waals surface area contributed by atoms with Crippen LogP contribution < -0.4 is 4.74 Å². The highest BCUT2D eigenvalue weighted by atomic mass is 19.4. The first-order valence-corrected chi connectivity index (χ1v) is 8.39. The maximum atomic E-state index is 13.1. The molecule has 0 bridgehead atoms. The second-order valence-electron chi connectivity index (χ2n) is 6.28. The number of nitrogens with zero attached hydrogens (tertiary/aromatic N) is 2. The summed E-state index contributed by atoms with van der Waals surface area (Å²) in [5.74, 6) is -1.66. The van der Waals surface area contributed by atoms with Gasteiger partial charge in [-0.05, 0) is 26.0 Å². The van der Waals surface area contributed by atoms with Crippen molar-refractivity contribution < 1.29 is 31.9 Å². The summed E-state index contributed by atoms with van der Waals surface area (Å²) in [5.41, 5.74) is 0.257. The molecule has 0 aliphatic carbocycles. The Bertz CT molecular complexity index is 819. The van der Waals surface area contributed by atoms with Crippen LogP contribution in [0.1, 0.15) is 27.6 Å². The molecule has 1 fully saturated rings. The van der Waals surface area contributed by atoms with Crippen molar-refractivity contribution in [1.82, 2.24) is 9.88 Å². The standard InChI is InChI=1S/C18H19F3N2O4/c1-11-4-3-5-15(22-11)27-13-9-23(6-7-25-10-13)17(24)14-8-12(2)26-16(14)18(19,20)21/h3-5,8,13H,6-7,9-10H2,1-2H3/t13-/m1/s1. The maximum Gasteiger partial charge on any atom is 0.450 e. The lowest BCUT2D eigenvalue weighted by atomic mass is 10.2. The molecule has 0 aromatic carbocycles. The minimum absolute atomic E-state index is 0.0218. The van der Waals surface area contributed by atoms with E-state index < -0.39 is 29.5 Å². The van der Waals surface area contributed by atoms with Gasteiger partial charge in [-0.1, -0.05) is 6.07 Å². The van der Waals surface area contributed by atoms with Crippen molar-refractivity contribution in [3.05, 3.63) is 47.0 Å². The monoisotopic (exact) mass is 384 g/mol. The van der Waals surface area contributed by atoms with Crippen LogP contribution in [0.25, 0.3) is 0 Å². The molecule has 9 heteroatoms. The molecule has 2 aromatic heterocycles. The fourth-order valence-electron chi connectivity index (χ4n) is 2.84. The number of aryl methyl sites for hydroxylation is 2. The zero-order chi connectivity index (χ0) is 19.6. The Balaban J connectivity index is 1.78. The Morgan fingerprint density at radius 1 is 1.33 bits per heavy atom. The van der Waals surface area contributed by atoms with Crippen molar-refractivity contribution in [2.24, 2.45) is 0 Å². The quantitative estimate of drug-likeness (QED) is 0.813. The molecule has 1 saturated heterocycles. The van der Waals surface area contributed by atoms with E-state index in [2.05, 4.69) is 4.98 Å². The smallest absolute Gasteiger partial charge is 0.450 e. The molecule has 146 valence electrons. The lowest BCUT2D eigenvalue weighted by molar-refractivity contribution is -0.153. The number of amides is 1. The van der Waals surface area contributed by atoms with E-state index in [4.69, 9.17) is 13.9 Å². The number of halogens is 3. The highest BCUT2D eigenvalue weighted by molar-refractivity contribution is 5.95. The first-order chi connectivity index (χ1) is 12.7. The molecule has 0 spiro atoms. The molecule has 0 radical (unpaired) electrons. The number of hydrogen-bond donors (Lipinski definition) is 0. The molecule has 1 aliphatic heterocycles. The summed E-state index contributed by atoms with van der Waals surface area (Å²) in [6.45, 7) is 3.82. The lowest BCUT2D eigenvalue weighted by Crippen LogP contribution is -2.40. The zero-order valence-electron chi connectivity index (χ0n) is 14.9. The summed E-state index contributed by atoms with van der Waals surface area (Å²) in [6, 6.07) is 6.37. The zero-order valence-corrected chi connectivity index (χ0v) is 14.9. The van der Waals surface area contributed by atoms with Crippen LogP contribution in [0.3, 0.4) is 0 Å². The average molecular weight is 384 g/mol. The van der Waals surface area contributed by atoms with Gasteiger partial charge in [-0.15, -0.1) is 0 Å². The molecule has 0 saturated carbocycles. The van der Waals surface area contributed by atoms with E-state index in [-0.39, 0.29) is 32.1 Å². The average Bonchev–Trinajstić information content (AvgIpc) is 2.84. The van der Waals surface area contributed by atoms with E-state index in [1.165, 1.54) is 11.8 Å². The number of ether oxygens (including phenoxy) is 2. The molecule has 6 nitrogen and oxygen atoms in total. The SMILES string of the molecule is Cc1cccc(O[C@H]2COCCN(C(=O)c3cc(C)oc3C(F)(F)F)C2)n1. The number of hydrogen-bond acceptors (Lipinski definition) is 5. The molecule has 2 aromatic rings. The molecule has 27 heavy (non-hydrogen) atoms. The van der Waals surface area contributed by atoms with Gasteiger partial charge in [0.15, 0.2) is 0 Å². The van der Waals surface area contributed by atoms with Gasteiger partial charge in [0.1, 0.15) is 11.9 Å². The summed E-state index contributed by atoms with van der Waals surface area (Å²) in [7, 11) is 0. The Morgan fingerprint density at radius 2 is 2.11 bits per heavy atom. The van der Waals surface area contributed by atoms with E-state index in [0.29, 0.717) is 5.88 Å². The van der Waals surface area contributed by atoms with E-state index in [9.17, 15) is 18.0 Å². The Kier molecular flexibility index (Phi) is 5.41. The first-order valence-electron chi connectivity index (χ1n) is 8.39. The predicted octanol–water partition coefficient (Wildman–Crippen LogP) is 3.23. The normalized spacial score (nSPS) is 18.3. The number of rotatable bonds is 3. The summed E-state index contributed by atoms with van der Waals surface area (Å²) >= 11 is 0. The molecule has 1 atom stereocenters. The van der Waals surface area contributed by atoms with Crippen LogP contribution >= 0.6 is 0 Å². The van der Waals surface area contributed by atoms with E-state index in [0.717, 1.165) is 11.8 Å². The van der Waals surface area contributed by atoms with Crippen molar-refractivity contribution in [2.45, 2.75) is 26.1 Å². The molecular weight excluding hydrogens is 365 g/mol. The Morgan fingerprint density at radius 3 is 2.81 bits per heavy atom. The number of pyridine rings is 1. The summed E-state index contributed by atoms with van der Waals surface area (Å²) < 4.78 is 55.4.